The van der Waals surface area contributed by atoms with E-state index in [2.05, 4.69) is 90.0 Å². The second-order valence-corrected chi connectivity index (χ2v) is 15.2. The molecular formula is C36H45N5O2S. The lowest BCUT2D eigenvalue weighted by Crippen LogP contribution is -2.53. The Hall–Kier alpha value is -3.36. The second kappa shape index (κ2) is 11.2. The molecule has 4 aromatic rings. The Morgan fingerprint density at radius 1 is 1.05 bits per heavy atom. The zero-order chi connectivity index (χ0) is 30.7. The molecule has 3 saturated heterocycles. The minimum atomic E-state index is -0.583. The number of benzene rings is 1. The van der Waals surface area contributed by atoms with Crippen molar-refractivity contribution in [3.8, 4) is 11.3 Å². The first kappa shape index (κ1) is 29.4. The van der Waals surface area contributed by atoms with Crippen LogP contribution in [-0.4, -0.2) is 63.3 Å². The zero-order valence-corrected chi connectivity index (χ0v) is 27.4. The molecule has 3 aromatic heterocycles. The van der Waals surface area contributed by atoms with E-state index in [1.807, 2.05) is 12.3 Å². The molecule has 3 aliphatic rings. The van der Waals surface area contributed by atoms with E-state index in [0.717, 1.165) is 60.7 Å². The Labute approximate surface area is 264 Å². The van der Waals surface area contributed by atoms with Crippen molar-refractivity contribution in [1.82, 2.24) is 25.1 Å². The zero-order valence-electron chi connectivity index (χ0n) is 26.6. The first-order chi connectivity index (χ1) is 21.1. The van der Waals surface area contributed by atoms with E-state index < -0.39 is 5.41 Å². The molecule has 44 heavy (non-hydrogen) atoms. The number of amides is 2. The summed E-state index contributed by atoms with van der Waals surface area (Å²) in [6.07, 6.45) is 6.54. The van der Waals surface area contributed by atoms with Crippen molar-refractivity contribution < 1.29 is 9.59 Å². The van der Waals surface area contributed by atoms with Crippen molar-refractivity contribution in [2.45, 2.75) is 90.3 Å². The number of nitrogens with zero attached hydrogens (tertiary/aromatic N) is 2. The number of hydrogen-bond donors (Lipinski definition) is 3. The maximum atomic E-state index is 14.0. The molecule has 0 spiro atoms. The fourth-order valence-corrected chi connectivity index (χ4v) is 9.08. The predicted molar refractivity (Wildman–Crippen MR) is 178 cm³/mol. The lowest BCUT2D eigenvalue weighted by molar-refractivity contribution is -0.137. The van der Waals surface area contributed by atoms with Gasteiger partial charge >= 0.3 is 0 Å². The third kappa shape index (κ3) is 5.20. The molecule has 6 heterocycles. The summed E-state index contributed by atoms with van der Waals surface area (Å²) < 4.78 is 0. The van der Waals surface area contributed by atoms with Gasteiger partial charge in [0.25, 0.3) is 0 Å². The average molecular weight is 612 g/mol. The number of fused-ring (bicyclic) bond motifs is 3. The molecule has 1 aromatic carbocycles. The van der Waals surface area contributed by atoms with Gasteiger partial charge in [0.05, 0.1) is 17.0 Å². The van der Waals surface area contributed by atoms with E-state index >= 15 is 0 Å². The van der Waals surface area contributed by atoms with Gasteiger partial charge in [0.15, 0.2) is 0 Å². The molecular weight excluding hydrogens is 566 g/mol. The van der Waals surface area contributed by atoms with E-state index in [-0.39, 0.29) is 23.7 Å². The number of carbonyl (C=O) groups excluding carboxylic acids is 2. The summed E-state index contributed by atoms with van der Waals surface area (Å²) in [5, 5.41) is 4.46. The standard InChI is InChI=1S/C36H45N5O2S/c1-21-13-22(2)15-24(14-21)32-31(23(3)17-38-33(42)25-18-40(19-25)20-26-7-6-12-37-26)29-16-30(44-34(29)39-32)36(4,5)35(43)41-27-8-9-28(41)11-10-27/h6-7,12-16,23,25,27-28,37,39H,8-11,17-20H2,1-5H3,(H,38,42)/t23-,27?,28?/m1/s1. The Bertz CT molecular complexity index is 1650. The van der Waals surface area contributed by atoms with Crippen LogP contribution in [0.5, 0.6) is 0 Å². The van der Waals surface area contributed by atoms with Crippen LogP contribution in [0.1, 0.15) is 79.6 Å². The first-order valence-corrected chi connectivity index (χ1v) is 17.1. The van der Waals surface area contributed by atoms with Crippen molar-refractivity contribution >= 4 is 33.4 Å². The minimum Gasteiger partial charge on any atom is -0.364 e. The number of aromatic nitrogens is 2. The number of likely N-dealkylation sites (tertiary alicyclic amines) is 1. The van der Waals surface area contributed by atoms with E-state index in [4.69, 9.17) is 0 Å². The summed E-state index contributed by atoms with van der Waals surface area (Å²) in [5.41, 5.74) is 6.57. The van der Waals surface area contributed by atoms with Gasteiger partial charge < -0.3 is 20.2 Å². The van der Waals surface area contributed by atoms with E-state index in [0.29, 0.717) is 18.6 Å². The van der Waals surface area contributed by atoms with Crippen LogP contribution in [-0.2, 0) is 21.5 Å². The van der Waals surface area contributed by atoms with Crippen LogP contribution >= 0.6 is 11.3 Å². The summed E-state index contributed by atoms with van der Waals surface area (Å²) >= 11 is 1.71. The number of aryl methyl sites for hydroxylation is 2. The molecule has 8 heteroatoms. The molecule has 0 aliphatic carbocycles. The molecule has 2 amide bonds. The number of nitrogens with one attached hydrogen (secondary N) is 3. The SMILES string of the molecule is Cc1cc(C)cc(-c2[nH]c3sc(C(C)(C)C(=O)N4C5CCC4CC5)cc3c2[C@H](C)CNC(=O)C2CN(Cc3ccc[nH]3)C2)c1. The number of thiophene rings is 1. The fourth-order valence-electron chi connectivity index (χ4n) is 7.91. The van der Waals surface area contributed by atoms with E-state index in [1.54, 1.807) is 11.3 Å². The normalized spacial score (nSPS) is 21.2. The van der Waals surface area contributed by atoms with Crippen LogP contribution in [0.25, 0.3) is 21.5 Å². The number of rotatable bonds is 9. The van der Waals surface area contributed by atoms with Gasteiger partial charge in [-0.15, -0.1) is 11.3 Å². The van der Waals surface area contributed by atoms with Gasteiger partial charge in [-0.2, -0.15) is 0 Å². The molecule has 2 bridgehead atoms. The Kier molecular flexibility index (Phi) is 7.48. The van der Waals surface area contributed by atoms with Crippen LogP contribution in [0.4, 0.5) is 0 Å². The van der Waals surface area contributed by atoms with Gasteiger partial charge in [-0.25, -0.2) is 0 Å². The van der Waals surface area contributed by atoms with Gasteiger partial charge in [0, 0.05) is 66.3 Å². The molecule has 3 N–H and O–H groups in total. The molecule has 3 aliphatic heterocycles. The van der Waals surface area contributed by atoms with Crippen LogP contribution in [0.3, 0.4) is 0 Å². The molecule has 7 nitrogen and oxygen atoms in total. The van der Waals surface area contributed by atoms with Gasteiger partial charge in [-0.1, -0.05) is 24.1 Å². The lowest BCUT2D eigenvalue weighted by Gasteiger charge is -2.38. The third-order valence-corrected chi connectivity index (χ3v) is 11.7. The smallest absolute Gasteiger partial charge is 0.233 e. The molecule has 0 radical (unpaired) electrons. The number of hydrogen-bond acceptors (Lipinski definition) is 4. The lowest BCUT2D eigenvalue weighted by atomic mass is 9.88. The summed E-state index contributed by atoms with van der Waals surface area (Å²) in [6, 6.07) is 13.9. The van der Waals surface area contributed by atoms with Crippen molar-refractivity contribution in [2.24, 2.45) is 5.92 Å². The minimum absolute atomic E-state index is 0.0303. The van der Waals surface area contributed by atoms with Gasteiger partial charge in [0.2, 0.25) is 11.8 Å². The van der Waals surface area contributed by atoms with E-state index in [9.17, 15) is 9.59 Å². The maximum Gasteiger partial charge on any atom is 0.233 e. The summed E-state index contributed by atoms with van der Waals surface area (Å²) in [6.45, 7) is 13.7. The highest BCUT2D eigenvalue weighted by molar-refractivity contribution is 7.19. The number of carbonyl (C=O) groups is 2. The highest BCUT2D eigenvalue weighted by Crippen LogP contribution is 2.45. The largest absolute Gasteiger partial charge is 0.364 e. The van der Waals surface area contributed by atoms with Crippen molar-refractivity contribution in [2.75, 3.05) is 19.6 Å². The Balaban J connectivity index is 1.13. The van der Waals surface area contributed by atoms with Gasteiger partial charge in [-0.05, 0) is 94.8 Å². The van der Waals surface area contributed by atoms with E-state index in [1.165, 1.54) is 33.3 Å². The van der Waals surface area contributed by atoms with Crippen LogP contribution in [0.15, 0.2) is 42.6 Å². The quantitative estimate of drug-likeness (QED) is 0.199. The first-order valence-electron chi connectivity index (χ1n) is 16.3. The van der Waals surface area contributed by atoms with Crippen LogP contribution < -0.4 is 5.32 Å². The molecule has 0 unspecified atom stereocenters. The maximum absolute atomic E-state index is 14.0. The molecule has 0 saturated carbocycles. The predicted octanol–water partition coefficient (Wildman–Crippen LogP) is 6.62. The molecule has 3 fully saturated rings. The molecule has 7 rings (SSSR count). The number of H-pyrrole nitrogens is 2. The Morgan fingerprint density at radius 3 is 2.36 bits per heavy atom. The van der Waals surface area contributed by atoms with Crippen LogP contribution in [0.2, 0.25) is 0 Å². The van der Waals surface area contributed by atoms with Crippen molar-refractivity contribution in [3.05, 3.63) is 69.9 Å². The molecule has 232 valence electrons. The third-order valence-electron chi connectivity index (χ3n) is 10.3. The van der Waals surface area contributed by atoms with Gasteiger partial charge in [-0.3, -0.25) is 14.5 Å². The monoisotopic (exact) mass is 611 g/mol. The highest BCUT2D eigenvalue weighted by atomic mass is 32.1. The highest BCUT2D eigenvalue weighted by Gasteiger charge is 2.47. The van der Waals surface area contributed by atoms with Crippen molar-refractivity contribution in [3.63, 3.8) is 0 Å². The molecule has 1 atom stereocenters. The van der Waals surface area contributed by atoms with Gasteiger partial charge in [0.1, 0.15) is 4.83 Å². The van der Waals surface area contributed by atoms with Crippen molar-refractivity contribution in [1.29, 1.82) is 0 Å². The summed E-state index contributed by atoms with van der Waals surface area (Å²) in [7, 11) is 0. The summed E-state index contributed by atoms with van der Waals surface area (Å²) in [4.78, 5) is 40.9. The number of aromatic amines is 2. The second-order valence-electron chi connectivity index (χ2n) is 14.2. The topological polar surface area (TPSA) is 84.2 Å². The van der Waals surface area contributed by atoms with Crippen LogP contribution in [0, 0.1) is 19.8 Å². The summed E-state index contributed by atoms with van der Waals surface area (Å²) in [5.74, 6) is 0.531. The average Bonchev–Trinajstić information content (AvgIpc) is 3.79. The fraction of sp³-hybridized carbons (Fsp3) is 0.500. The Morgan fingerprint density at radius 2 is 1.73 bits per heavy atom.